The predicted molar refractivity (Wildman–Crippen MR) is 105 cm³/mol. The van der Waals surface area contributed by atoms with Crippen LogP contribution in [0, 0.1) is 0 Å². The number of anilines is 1. The van der Waals surface area contributed by atoms with Crippen molar-refractivity contribution in [2.75, 3.05) is 5.32 Å². The lowest BCUT2D eigenvalue weighted by Gasteiger charge is -2.01. The van der Waals surface area contributed by atoms with E-state index in [-0.39, 0.29) is 5.91 Å². The summed E-state index contributed by atoms with van der Waals surface area (Å²) in [6, 6.07) is 17.8. The van der Waals surface area contributed by atoms with Crippen LogP contribution in [0.2, 0.25) is 0 Å². The van der Waals surface area contributed by atoms with Crippen LogP contribution in [0.1, 0.15) is 10.4 Å². The van der Waals surface area contributed by atoms with Crippen molar-refractivity contribution in [3.05, 3.63) is 65.7 Å². The highest BCUT2D eigenvalue weighted by atomic mass is 32.1. The molecular weight excluding hydrogens is 350 g/mol. The first-order valence-electron chi connectivity index (χ1n) is 7.71. The number of nitrogens with one attached hydrogen (secondary N) is 1. The lowest BCUT2D eigenvalue weighted by Crippen LogP contribution is -2.11. The van der Waals surface area contributed by atoms with Gasteiger partial charge in [-0.1, -0.05) is 41.7 Å². The molecule has 0 radical (unpaired) electrons. The summed E-state index contributed by atoms with van der Waals surface area (Å²) in [5, 5.41) is 5.86. The van der Waals surface area contributed by atoms with Crippen molar-refractivity contribution in [3.63, 3.8) is 0 Å². The summed E-state index contributed by atoms with van der Waals surface area (Å²) < 4.78 is 2.09. The molecule has 0 saturated carbocycles. The van der Waals surface area contributed by atoms with Crippen molar-refractivity contribution in [2.24, 2.45) is 0 Å². The number of rotatable bonds is 2. The number of aromatic nitrogens is 2. The minimum atomic E-state index is -0.154. The van der Waals surface area contributed by atoms with Gasteiger partial charge in [0.15, 0.2) is 5.13 Å². The largest absolute Gasteiger partial charge is 0.298 e. The zero-order valence-electron chi connectivity index (χ0n) is 12.9. The van der Waals surface area contributed by atoms with E-state index < -0.39 is 0 Å². The number of fused-ring (bicyclic) bond motifs is 4. The van der Waals surface area contributed by atoms with Crippen LogP contribution < -0.4 is 5.32 Å². The highest BCUT2D eigenvalue weighted by Crippen LogP contribution is 2.32. The number of hydrogen-bond donors (Lipinski definition) is 1. The maximum Gasteiger partial charge on any atom is 0.257 e. The molecular formula is C19H11N3OS2. The summed E-state index contributed by atoms with van der Waals surface area (Å²) in [4.78, 5) is 21.4. The van der Waals surface area contributed by atoms with Gasteiger partial charge in [-0.15, -0.1) is 11.3 Å². The first-order chi connectivity index (χ1) is 12.3. The molecule has 0 spiro atoms. The van der Waals surface area contributed by atoms with Crippen LogP contribution in [0.5, 0.6) is 0 Å². The fraction of sp³-hybridized carbons (Fsp3) is 0. The predicted octanol–water partition coefficient (Wildman–Crippen LogP) is 5.31. The van der Waals surface area contributed by atoms with Gasteiger partial charge in [0.25, 0.3) is 5.91 Å². The molecule has 0 saturated heterocycles. The van der Waals surface area contributed by atoms with E-state index in [1.165, 1.54) is 28.1 Å². The van der Waals surface area contributed by atoms with Crippen molar-refractivity contribution in [3.8, 4) is 0 Å². The number of hydrogen-bond acceptors (Lipinski definition) is 5. The van der Waals surface area contributed by atoms with Gasteiger partial charge in [-0.2, -0.15) is 0 Å². The average molecular weight is 361 g/mol. The Morgan fingerprint density at radius 3 is 2.84 bits per heavy atom. The average Bonchev–Trinajstić information content (AvgIpc) is 3.27. The van der Waals surface area contributed by atoms with Crippen LogP contribution in [-0.2, 0) is 0 Å². The Labute approximate surface area is 150 Å². The van der Waals surface area contributed by atoms with E-state index in [1.54, 1.807) is 11.6 Å². The van der Waals surface area contributed by atoms with E-state index in [0.717, 1.165) is 25.8 Å². The Hall–Kier alpha value is -2.83. The number of thiazole rings is 2. The molecule has 2 heterocycles. The molecule has 1 amide bonds. The van der Waals surface area contributed by atoms with Gasteiger partial charge in [0, 0.05) is 10.9 Å². The fourth-order valence-corrected chi connectivity index (χ4v) is 4.59. The zero-order chi connectivity index (χ0) is 16.8. The summed E-state index contributed by atoms with van der Waals surface area (Å²) >= 11 is 3.03. The van der Waals surface area contributed by atoms with E-state index in [4.69, 9.17) is 0 Å². The van der Waals surface area contributed by atoms with Crippen LogP contribution >= 0.6 is 22.7 Å². The lowest BCUT2D eigenvalue weighted by atomic mass is 10.1. The van der Waals surface area contributed by atoms with Gasteiger partial charge >= 0.3 is 0 Å². The van der Waals surface area contributed by atoms with Crippen molar-refractivity contribution in [1.82, 2.24) is 9.97 Å². The standard InChI is InChI=1S/C19H11N3OS2/c23-18(12-6-7-14-16(9-12)24-10-20-14)22-19-21-15-8-5-11-3-1-2-4-13(11)17(15)25-19/h1-10H,(H,21,22,23). The minimum Gasteiger partial charge on any atom is -0.298 e. The van der Waals surface area contributed by atoms with E-state index in [0.29, 0.717) is 10.7 Å². The third kappa shape index (κ3) is 2.47. The monoisotopic (exact) mass is 361 g/mol. The molecule has 0 bridgehead atoms. The number of carbonyl (C=O) groups excluding carboxylic acids is 1. The Morgan fingerprint density at radius 1 is 1.00 bits per heavy atom. The number of amides is 1. The van der Waals surface area contributed by atoms with Gasteiger partial charge in [0.05, 0.1) is 25.9 Å². The topological polar surface area (TPSA) is 54.9 Å². The molecule has 3 aromatic carbocycles. The van der Waals surface area contributed by atoms with Gasteiger partial charge in [-0.25, -0.2) is 9.97 Å². The van der Waals surface area contributed by atoms with Crippen LogP contribution in [0.25, 0.3) is 31.2 Å². The summed E-state index contributed by atoms with van der Waals surface area (Å²) in [5.74, 6) is -0.154. The summed E-state index contributed by atoms with van der Waals surface area (Å²) in [6.45, 7) is 0. The Bertz CT molecular complexity index is 1260. The van der Waals surface area contributed by atoms with E-state index in [2.05, 4.69) is 33.5 Å². The Kier molecular flexibility index (Phi) is 3.26. The number of nitrogens with zero attached hydrogens (tertiary/aromatic N) is 2. The first-order valence-corrected chi connectivity index (χ1v) is 9.40. The second-order valence-corrected chi connectivity index (χ2v) is 7.53. The summed E-state index contributed by atoms with van der Waals surface area (Å²) in [7, 11) is 0. The highest BCUT2D eigenvalue weighted by Gasteiger charge is 2.12. The second-order valence-electron chi connectivity index (χ2n) is 5.64. The van der Waals surface area contributed by atoms with E-state index in [9.17, 15) is 4.79 Å². The molecule has 5 rings (SSSR count). The van der Waals surface area contributed by atoms with Crippen LogP contribution in [0.3, 0.4) is 0 Å². The van der Waals surface area contributed by atoms with Crippen LogP contribution in [0.15, 0.2) is 60.1 Å². The Balaban J connectivity index is 1.52. The molecule has 0 aliphatic rings. The van der Waals surface area contributed by atoms with Crippen LogP contribution in [-0.4, -0.2) is 15.9 Å². The third-order valence-electron chi connectivity index (χ3n) is 4.09. The van der Waals surface area contributed by atoms with Gasteiger partial charge < -0.3 is 0 Å². The molecule has 0 aliphatic carbocycles. The van der Waals surface area contributed by atoms with Crippen molar-refractivity contribution < 1.29 is 4.79 Å². The Morgan fingerprint density at radius 2 is 1.88 bits per heavy atom. The van der Waals surface area contributed by atoms with Gasteiger partial charge in [0.2, 0.25) is 0 Å². The van der Waals surface area contributed by atoms with Crippen molar-refractivity contribution in [1.29, 1.82) is 0 Å². The van der Waals surface area contributed by atoms with Crippen molar-refractivity contribution >= 4 is 64.9 Å². The molecule has 1 N–H and O–H groups in total. The molecule has 25 heavy (non-hydrogen) atoms. The third-order valence-corrected chi connectivity index (χ3v) is 5.91. The van der Waals surface area contributed by atoms with Gasteiger partial charge in [0.1, 0.15) is 0 Å². The summed E-state index contributed by atoms with van der Waals surface area (Å²) in [5.41, 5.74) is 4.20. The van der Waals surface area contributed by atoms with Gasteiger partial charge in [-0.05, 0) is 29.7 Å². The molecule has 0 atom stereocenters. The zero-order valence-corrected chi connectivity index (χ0v) is 14.5. The molecule has 2 aromatic heterocycles. The molecule has 0 aliphatic heterocycles. The second kappa shape index (κ2) is 5.61. The normalized spacial score (nSPS) is 11.4. The first kappa shape index (κ1) is 14.5. The molecule has 0 unspecified atom stereocenters. The summed E-state index contributed by atoms with van der Waals surface area (Å²) in [6.07, 6.45) is 0. The SMILES string of the molecule is O=C(Nc1nc2ccc3ccccc3c2s1)c1ccc2ncsc2c1. The maximum absolute atomic E-state index is 12.6. The molecule has 5 aromatic rings. The number of benzene rings is 3. The maximum atomic E-state index is 12.6. The van der Waals surface area contributed by atoms with Crippen molar-refractivity contribution in [2.45, 2.75) is 0 Å². The highest BCUT2D eigenvalue weighted by molar-refractivity contribution is 7.23. The molecule has 0 fully saturated rings. The molecule has 120 valence electrons. The van der Waals surface area contributed by atoms with Gasteiger partial charge in [-0.3, -0.25) is 10.1 Å². The smallest absolute Gasteiger partial charge is 0.257 e. The van der Waals surface area contributed by atoms with E-state index in [1.807, 2.05) is 30.3 Å². The van der Waals surface area contributed by atoms with E-state index >= 15 is 0 Å². The quantitative estimate of drug-likeness (QED) is 0.463. The lowest BCUT2D eigenvalue weighted by molar-refractivity contribution is 0.102. The minimum absolute atomic E-state index is 0.154. The molecule has 4 nitrogen and oxygen atoms in total. The fourth-order valence-electron chi connectivity index (χ4n) is 2.87. The number of carbonyl (C=O) groups is 1. The van der Waals surface area contributed by atoms with Crippen LogP contribution in [0.4, 0.5) is 5.13 Å². The molecule has 6 heteroatoms.